The fraction of sp³-hybridized carbons (Fsp3) is 0.400. The Kier molecular flexibility index (Phi) is 5.91. The summed E-state index contributed by atoms with van der Waals surface area (Å²) in [4.78, 5) is 0. The Morgan fingerprint density at radius 2 is 2.50 bits per heavy atom. The lowest BCUT2D eigenvalue weighted by Gasteiger charge is -2.02. The first kappa shape index (κ1) is 11.8. The smallest absolute Gasteiger partial charge is 0.0885 e. The third-order valence-electron chi connectivity index (χ3n) is 1.68. The van der Waals surface area contributed by atoms with Crippen molar-refractivity contribution >= 4 is 27.3 Å². The summed E-state index contributed by atoms with van der Waals surface area (Å²) in [6.07, 6.45) is 2.49. The van der Waals surface area contributed by atoms with E-state index in [2.05, 4.69) is 39.3 Å². The highest BCUT2D eigenvalue weighted by molar-refractivity contribution is 9.11. The maximum absolute atomic E-state index is 5.01. The number of nitrogens with one attached hydrogen (secondary N) is 1. The number of hydrogen-bond donors (Lipinski definition) is 1. The maximum Gasteiger partial charge on any atom is 0.0885 e. The number of ether oxygens (including phenoxy) is 1. The monoisotopic (exact) mass is 275 g/mol. The fourth-order valence-electron chi connectivity index (χ4n) is 1.04. The van der Waals surface area contributed by atoms with Crippen LogP contribution in [0.2, 0.25) is 0 Å². The molecule has 0 spiro atoms. The minimum Gasteiger partial charge on any atom is -0.502 e. The van der Waals surface area contributed by atoms with Crippen molar-refractivity contribution < 1.29 is 4.74 Å². The number of rotatable bonds is 7. The molecule has 78 valence electrons. The first-order valence-corrected chi connectivity index (χ1v) is 6.16. The van der Waals surface area contributed by atoms with E-state index in [0.29, 0.717) is 0 Å². The van der Waals surface area contributed by atoms with Crippen LogP contribution in [-0.2, 0) is 11.3 Å². The van der Waals surface area contributed by atoms with Gasteiger partial charge in [-0.15, -0.1) is 11.3 Å². The normalized spacial score (nSPS) is 10.1. The molecule has 1 aromatic heterocycles. The first-order valence-electron chi connectivity index (χ1n) is 4.49. The molecular weight excluding hydrogens is 262 g/mol. The summed E-state index contributed by atoms with van der Waals surface area (Å²) >= 11 is 5.15. The summed E-state index contributed by atoms with van der Waals surface area (Å²) < 4.78 is 6.19. The molecular formula is C10H14BrNOS. The molecule has 1 N–H and O–H groups in total. The molecule has 1 aromatic rings. The molecule has 0 saturated heterocycles. The Hall–Kier alpha value is -0.320. The van der Waals surface area contributed by atoms with Gasteiger partial charge in [-0.2, -0.15) is 0 Å². The lowest BCUT2D eigenvalue weighted by Crippen LogP contribution is -2.15. The van der Waals surface area contributed by atoms with E-state index in [0.717, 1.165) is 26.1 Å². The first-order chi connectivity index (χ1) is 6.83. The van der Waals surface area contributed by atoms with Crippen LogP contribution in [0.25, 0.3) is 0 Å². The second-order valence-corrected chi connectivity index (χ2v) is 5.12. The van der Waals surface area contributed by atoms with Crippen LogP contribution in [0.1, 0.15) is 12.0 Å². The topological polar surface area (TPSA) is 21.3 Å². The highest BCUT2D eigenvalue weighted by Gasteiger charge is 1.95. The van der Waals surface area contributed by atoms with Crippen LogP contribution in [0.5, 0.6) is 0 Å². The predicted octanol–water partition coefficient (Wildman–Crippen LogP) is 3.15. The summed E-state index contributed by atoms with van der Waals surface area (Å²) in [7, 11) is 0. The molecule has 14 heavy (non-hydrogen) atoms. The summed E-state index contributed by atoms with van der Waals surface area (Å²) in [5, 5.41) is 5.50. The van der Waals surface area contributed by atoms with Gasteiger partial charge in [-0.3, -0.25) is 0 Å². The van der Waals surface area contributed by atoms with Crippen molar-refractivity contribution in [2.24, 2.45) is 0 Å². The van der Waals surface area contributed by atoms with E-state index >= 15 is 0 Å². The van der Waals surface area contributed by atoms with Crippen LogP contribution in [0, 0.1) is 0 Å². The molecule has 0 aliphatic rings. The molecule has 0 fully saturated rings. The quantitative estimate of drug-likeness (QED) is 0.610. The largest absolute Gasteiger partial charge is 0.502 e. The van der Waals surface area contributed by atoms with E-state index < -0.39 is 0 Å². The standard InChI is InChI=1S/C10H14BrNOS/c1-2-13-5-3-4-12-7-9-6-10(11)14-8-9/h2,6,8,12H,1,3-5,7H2. The molecule has 0 radical (unpaired) electrons. The van der Waals surface area contributed by atoms with E-state index in [9.17, 15) is 0 Å². The van der Waals surface area contributed by atoms with Gasteiger partial charge in [-0.1, -0.05) is 6.58 Å². The molecule has 1 heterocycles. The minimum atomic E-state index is 0.740. The molecule has 0 amide bonds. The van der Waals surface area contributed by atoms with Crippen molar-refractivity contribution in [3.63, 3.8) is 0 Å². The van der Waals surface area contributed by atoms with Crippen molar-refractivity contribution in [3.05, 3.63) is 33.6 Å². The summed E-state index contributed by atoms with van der Waals surface area (Å²) in [5.74, 6) is 0. The average Bonchev–Trinajstić information content (AvgIpc) is 2.58. The molecule has 0 saturated carbocycles. The predicted molar refractivity (Wildman–Crippen MR) is 64.5 cm³/mol. The molecule has 0 unspecified atom stereocenters. The van der Waals surface area contributed by atoms with Crippen molar-refractivity contribution in [3.8, 4) is 0 Å². The van der Waals surface area contributed by atoms with Gasteiger partial charge in [0.2, 0.25) is 0 Å². The third-order valence-corrected chi connectivity index (χ3v) is 3.24. The molecule has 0 bridgehead atoms. The van der Waals surface area contributed by atoms with Crippen molar-refractivity contribution in [1.82, 2.24) is 5.32 Å². The van der Waals surface area contributed by atoms with Gasteiger partial charge in [0.05, 0.1) is 16.7 Å². The molecule has 0 aliphatic carbocycles. The van der Waals surface area contributed by atoms with Gasteiger partial charge in [0.1, 0.15) is 0 Å². The van der Waals surface area contributed by atoms with Crippen LogP contribution in [0.3, 0.4) is 0 Å². The number of halogens is 1. The molecule has 2 nitrogen and oxygen atoms in total. The van der Waals surface area contributed by atoms with Crippen molar-refractivity contribution in [1.29, 1.82) is 0 Å². The van der Waals surface area contributed by atoms with Crippen LogP contribution in [0.15, 0.2) is 28.1 Å². The Bertz CT molecular complexity index is 275. The van der Waals surface area contributed by atoms with Crippen LogP contribution < -0.4 is 5.32 Å². The summed E-state index contributed by atoms with van der Waals surface area (Å²) in [6.45, 7) is 6.12. The molecule has 1 rings (SSSR count). The maximum atomic E-state index is 5.01. The Morgan fingerprint density at radius 1 is 1.64 bits per heavy atom. The Labute approximate surface area is 97.1 Å². The van der Waals surface area contributed by atoms with Crippen LogP contribution >= 0.6 is 27.3 Å². The average molecular weight is 276 g/mol. The van der Waals surface area contributed by atoms with Crippen LogP contribution in [0.4, 0.5) is 0 Å². The number of hydrogen-bond acceptors (Lipinski definition) is 3. The second kappa shape index (κ2) is 7.04. The van der Waals surface area contributed by atoms with Gasteiger partial charge in [0, 0.05) is 6.54 Å². The van der Waals surface area contributed by atoms with Gasteiger partial charge in [0.15, 0.2) is 0 Å². The Morgan fingerprint density at radius 3 is 3.14 bits per heavy atom. The Balaban J connectivity index is 2.01. The van der Waals surface area contributed by atoms with E-state index in [4.69, 9.17) is 4.74 Å². The lowest BCUT2D eigenvalue weighted by atomic mass is 10.3. The zero-order chi connectivity index (χ0) is 10.2. The van der Waals surface area contributed by atoms with Crippen molar-refractivity contribution in [2.45, 2.75) is 13.0 Å². The molecule has 0 aliphatic heterocycles. The van der Waals surface area contributed by atoms with Gasteiger partial charge in [0.25, 0.3) is 0 Å². The third kappa shape index (κ3) is 4.79. The molecule has 4 heteroatoms. The van der Waals surface area contributed by atoms with E-state index in [1.54, 1.807) is 11.3 Å². The molecule has 0 atom stereocenters. The second-order valence-electron chi connectivity index (χ2n) is 2.83. The van der Waals surface area contributed by atoms with Gasteiger partial charge in [-0.05, 0) is 45.9 Å². The van der Waals surface area contributed by atoms with Gasteiger partial charge < -0.3 is 10.1 Å². The highest BCUT2D eigenvalue weighted by Crippen LogP contribution is 2.20. The zero-order valence-corrected chi connectivity index (χ0v) is 10.4. The van der Waals surface area contributed by atoms with Gasteiger partial charge >= 0.3 is 0 Å². The van der Waals surface area contributed by atoms with Crippen LogP contribution in [-0.4, -0.2) is 13.2 Å². The SMILES string of the molecule is C=COCCCNCc1csc(Br)c1. The van der Waals surface area contributed by atoms with E-state index in [1.807, 2.05) is 0 Å². The highest BCUT2D eigenvalue weighted by atomic mass is 79.9. The van der Waals surface area contributed by atoms with Crippen molar-refractivity contribution in [2.75, 3.05) is 13.2 Å². The van der Waals surface area contributed by atoms with E-state index in [-0.39, 0.29) is 0 Å². The molecule has 0 aromatic carbocycles. The van der Waals surface area contributed by atoms with Gasteiger partial charge in [-0.25, -0.2) is 0 Å². The zero-order valence-electron chi connectivity index (χ0n) is 7.96. The summed E-state index contributed by atoms with van der Waals surface area (Å²) in [6, 6.07) is 2.14. The summed E-state index contributed by atoms with van der Waals surface area (Å²) in [5.41, 5.74) is 1.33. The van der Waals surface area contributed by atoms with E-state index in [1.165, 1.54) is 15.6 Å². The number of thiophene rings is 1. The lowest BCUT2D eigenvalue weighted by molar-refractivity contribution is 0.244. The fourth-order valence-corrected chi connectivity index (χ4v) is 2.24. The minimum absolute atomic E-state index is 0.740.